The van der Waals surface area contributed by atoms with Crippen LogP contribution in [0.4, 0.5) is 0 Å². The monoisotopic (exact) mass is 409 g/mol. The molecule has 0 atom stereocenters. The maximum Gasteiger partial charge on any atom is 0.336 e. The lowest BCUT2D eigenvalue weighted by atomic mass is 10.0. The predicted molar refractivity (Wildman–Crippen MR) is 112 cm³/mol. The Bertz CT molecular complexity index is 1250. The zero-order chi connectivity index (χ0) is 21.6. The Labute approximate surface area is 173 Å². The van der Waals surface area contributed by atoms with E-state index in [0.29, 0.717) is 35.5 Å². The second-order valence-electron chi connectivity index (χ2n) is 7.52. The van der Waals surface area contributed by atoms with Crippen LogP contribution in [0.5, 0.6) is 0 Å². The van der Waals surface area contributed by atoms with Crippen LogP contribution in [-0.4, -0.2) is 17.6 Å². The summed E-state index contributed by atoms with van der Waals surface area (Å²) < 4.78 is 17.1. The van der Waals surface area contributed by atoms with Crippen molar-refractivity contribution in [3.05, 3.63) is 69.6 Å². The maximum absolute atomic E-state index is 11.8. The Morgan fingerprint density at radius 1 is 1.10 bits per heavy atom. The zero-order valence-electron chi connectivity index (χ0n) is 17.3. The molecule has 0 N–H and O–H groups in total. The summed E-state index contributed by atoms with van der Waals surface area (Å²) in [5, 5.41) is 2.94. The fourth-order valence-electron chi connectivity index (χ4n) is 3.70. The summed E-state index contributed by atoms with van der Waals surface area (Å²) in [4.78, 5) is 29.0. The van der Waals surface area contributed by atoms with Gasteiger partial charge < -0.3 is 18.4 Å². The molecular formula is C23H23NO6. The summed E-state index contributed by atoms with van der Waals surface area (Å²) in [5.74, 6) is 0.899. The van der Waals surface area contributed by atoms with E-state index in [1.807, 2.05) is 26.8 Å². The van der Waals surface area contributed by atoms with E-state index in [1.165, 1.54) is 11.1 Å². The number of carbonyl (C=O) groups is 1. The number of rotatable bonds is 6. The molecule has 1 fully saturated rings. The first kappa shape index (κ1) is 20.0. The van der Waals surface area contributed by atoms with Crippen LogP contribution in [-0.2, 0) is 21.0 Å². The van der Waals surface area contributed by atoms with E-state index in [1.54, 1.807) is 0 Å². The summed E-state index contributed by atoms with van der Waals surface area (Å²) in [6.45, 7) is 13.6. The fourth-order valence-corrected chi connectivity index (χ4v) is 3.70. The lowest BCUT2D eigenvalue weighted by Gasteiger charge is -2.18. The van der Waals surface area contributed by atoms with Gasteiger partial charge in [0, 0.05) is 34.4 Å². The Morgan fingerprint density at radius 3 is 2.53 bits per heavy atom. The molecule has 0 radical (unpaired) electrons. The van der Waals surface area contributed by atoms with Crippen molar-refractivity contribution in [2.75, 3.05) is 6.61 Å². The number of hydroxylamine groups is 2. The summed E-state index contributed by atoms with van der Waals surface area (Å²) >= 11 is 0. The van der Waals surface area contributed by atoms with Crippen LogP contribution >= 0.6 is 0 Å². The third kappa shape index (κ3) is 3.41. The Kier molecular flexibility index (Phi) is 4.99. The van der Waals surface area contributed by atoms with Gasteiger partial charge in [-0.2, -0.15) is 0 Å². The van der Waals surface area contributed by atoms with Gasteiger partial charge in [0.15, 0.2) is 5.76 Å². The molecule has 0 unspecified atom stereocenters. The number of ether oxygens (including phenoxy) is 1. The average molecular weight is 409 g/mol. The Hall–Kier alpha value is -3.32. The van der Waals surface area contributed by atoms with Crippen molar-refractivity contribution >= 4 is 27.8 Å². The topological polar surface area (TPSA) is 82.1 Å². The number of nitrogens with zero attached hydrogens (tertiary/aromatic N) is 1. The van der Waals surface area contributed by atoms with Crippen LogP contribution < -0.4 is 5.63 Å². The van der Waals surface area contributed by atoms with Gasteiger partial charge in [-0.3, -0.25) is 4.79 Å². The number of benzene rings is 1. The lowest BCUT2D eigenvalue weighted by Crippen LogP contribution is -2.23. The highest BCUT2D eigenvalue weighted by molar-refractivity contribution is 5.99. The normalized spacial score (nSPS) is 14.3. The van der Waals surface area contributed by atoms with Crippen molar-refractivity contribution in [3.8, 4) is 0 Å². The van der Waals surface area contributed by atoms with Crippen LogP contribution in [0.25, 0.3) is 21.9 Å². The molecule has 3 heterocycles. The van der Waals surface area contributed by atoms with Crippen LogP contribution in [0.1, 0.15) is 35.3 Å². The minimum atomic E-state index is -0.382. The molecule has 1 aliphatic rings. The van der Waals surface area contributed by atoms with E-state index >= 15 is 0 Å². The lowest BCUT2D eigenvalue weighted by molar-refractivity contribution is -0.159. The molecule has 1 amide bonds. The van der Waals surface area contributed by atoms with Crippen molar-refractivity contribution < 1.29 is 23.2 Å². The number of hydrogen-bond acceptors (Lipinski definition) is 6. The highest BCUT2D eigenvalue weighted by atomic mass is 16.7. The van der Waals surface area contributed by atoms with Gasteiger partial charge in [0.2, 0.25) is 0 Å². The van der Waals surface area contributed by atoms with Gasteiger partial charge in [-0.1, -0.05) is 13.2 Å². The van der Waals surface area contributed by atoms with E-state index in [4.69, 9.17) is 18.4 Å². The summed E-state index contributed by atoms with van der Waals surface area (Å²) in [5.41, 5.74) is 3.95. The molecule has 2 aromatic heterocycles. The van der Waals surface area contributed by atoms with Crippen molar-refractivity contribution in [2.24, 2.45) is 0 Å². The van der Waals surface area contributed by atoms with Gasteiger partial charge in [-0.25, -0.2) is 4.79 Å². The molecule has 1 saturated heterocycles. The number of aryl methyl sites for hydroxylation is 3. The molecule has 1 aromatic carbocycles. The second kappa shape index (κ2) is 7.50. The average Bonchev–Trinajstić information content (AvgIpc) is 3.17. The fraction of sp³-hybridized carbons (Fsp3) is 0.304. The number of fused-ring (bicyclic) bond motifs is 2. The van der Waals surface area contributed by atoms with Crippen molar-refractivity contribution in [2.45, 2.75) is 40.2 Å². The van der Waals surface area contributed by atoms with E-state index in [0.717, 1.165) is 33.2 Å². The third-order valence-corrected chi connectivity index (χ3v) is 5.30. The third-order valence-electron chi connectivity index (χ3n) is 5.30. The molecule has 0 bridgehead atoms. The van der Waals surface area contributed by atoms with Crippen LogP contribution in [0.3, 0.4) is 0 Å². The Balaban J connectivity index is 1.55. The van der Waals surface area contributed by atoms with Gasteiger partial charge in [-0.15, -0.1) is 5.06 Å². The SMILES string of the molecule is C=C(COCc1c(C)oc2c(C)c3oc(=O)cc(C)c3cc12)ON1C(=C)CCC1=O. The quantitative estimate of drug-likeness (QED) is 0.438. The van der Waals surface area contributed by atoms with Crippen molar-refractivity contribution in [1.29, 1.82) is 0 Å². The molecule has 0 spiro atoms. The number of hydrogen-bond donors (Lipinski definition) is 0. The molecule has 7 nitrogen and oxygen atoms in total. The van der Waals surface area contributed by atoms with Crippen LogP contribution in [0.2, 0.25) is 0 Å². The maximum atomic E-state index is 11.8. The first-order valence-corrected chi connectivity index (χ1v) is 9.66. The van der Waals surface area contributed by atoms with Gasteiger partial charge in [0.05, 0.1) is 12.3 Å². The largest absolute Gasteiger partial charge is 0.461 e. The molecular weight excluding hydrogens is 386 g/mol. The zero-order valence-corrected chi connectivity index (χ0v) is 17.3. The minimum absolute atomic E-state index is 0.115. The molecule has 0 aliphatic carbocycles. The highest BCUT2D eigenvalue weighted by Crippen LogP contribution is 2.34. The highest BCUT2D eigenvalue weighted by Gasteiger charge is 2.26. The van der Waals surface area contributed by atoms with E-state index < -0.39 is 0 Å². The predicted octanol–water partition coefficient (Wildman–Crippen LogP) is 4.56. The number of carbonyl (C=O) groups excluding carboxylic acids is 1. The standard InChI is InChI=1S/C23H23NO6/c1-12-8-21(26)29-22-15(4)23-18(9-17(12)22)19(16(5)28-23)11-27-10-14(3)30-24-13(2)6-7-20(24)25/h8-9H,2-3,6-7,10-11H2,1,4-5H3. The summed E-state index contributed by atoms with van der Waals surface area (Å²) in [7, 11) is 0. The molecule has 0 saturated carbocycles. The van der Waals surface area contributed by atoms with Gasteiger partial charge >= 0.3 is 5.63 Å². The molecule has 156 valence electrons. The van der Waals surface area contributed by atoms with E-state index in [9.17, 15) is 9.59 Å². The molecule has 4 rings (SSSR count). The summed E-state index contributed by atoms with van der Waals surface area (Å²) in [6, 6.07) is 3.44. The van der Waals surface area contributed by atoms with Gasteiger partial charge in [0.25, 0.3) is 5.91 Å². The molecule has 3 aromatic rings. The number of allylic oxidation sites excluding steroid dienone is 1. The Morgan fingerprint density at radius 2 is 1.83 bits per heavy atom. The van der Waals surface area contributed by atoms with Crippen LogP contribution in [0.15, 0.2) is 50.4 Å². The van der Waals surface area contributed by atoms with Crippen LogP contribution in [0, 0.1) is 20.8 Å². The first-order valence-electron chi connectivity index (χ1n) is 9.66. The second-order valence-corrected chi connectivity index (χ2v) is 7.52. The van der Waals surface area contributed by atoms with Gasteiger partial charge in [-0.05, 0) is 38.8 Å². The van der Waals surface area contributed by atoms with E-state index in [-0.39, 0.29) is 24.7 Å². The van der Waals surface area contributed by atoms with Crippen molar-refractivity contribution in [1.82, 2.24) is 5.06 Å². The molecule has 1 aliphatic heterocycles. The van der Waals surface area contributed by atoms with Crippen molar-refractivity contribution in [3.63, 3.8) is 0 Å². The molecule has 7 heteroatoms. The first-order chi connectivity index (χ1) is 14.3. The minimum Gasteiger partial charge on any atom is -0.461 e. The smallest absolute Gasteiger partial charge is 0.336 e. The number of furan rings is 1. The molecule has 30 heavy (non-hydrogen) atoms. The summed E-state index contributed by atoms with van der Waals surface area (Å²) in [6.07, 6.45) is 0.972. The number of amides is 1. The van der Waals surface area contributed by atoms with E-state index in [2.05, 4.69) is 13.2 Å². The van der Waals surface area contributed by atoms with Gasteiger partial charge in [0.1, 0.15) is 23.5 Å².